The van der Waals surface area contributed by atoms with Crippen molar-refractivity contribution in [3.05, 3.63) is 34.2 Å². The lowest BCUT2D eigenvalue weighted by molar-refractivity contribution is 0.0697. The third-order valence-electron chi connectivity index (χ3n) is 3.82. The van der Waals surface area contributed by atoms with Crippen LogP contribution in [0.1, 0.15) is 30.1 Å². The van der Waals surface area contributed by atoms with Crippen LogP contribution < -0.4 is 5.69 Å². The predicted molar refractivity (Wildman–Crippen MR) is 79.6 cm³/mol. The number of aromatic carboxylic acids is 1. The molecule has 1 unspecified atom stereocenters. The van der Waals surface area contributed by atoms with Gasteiger partial charge in [0.25, 0.3) is 0 Å². The predicted octanol–water partition coefficient (Wildman–Crippen LogP) is 2.31. The number of benzene rings is 1. The molecule has 106 valence electrons. The molecule has 1 aromatic heterocycles. The summed E-state index contributed by atoms with van der Waals surface area (Å²) in [6, 6.07) is 4.73. The maximum absolute atomic E-state index is 12.1. The minimum Gasteiger partial charge on any atom is -0.478 e. The highest BCUT2D eigenvalue weighted by atomic mass is 32.2. The first-order valence-electron chi connectivity index (χ1n) is 6.58. The Bertz CT molecular complexity index is 726. The second kappa shape index (κ2) is 4.70. The molecule has 3 rings (SSSR count). The summed E-state index contributed by atoms with van der Waals surface area (Å²) in [5, 5.41) is 9.08. The summed E-state index contributed by atoms with van der Waals surface area (Å²) in [7, 11) is 0. The number of thioether (sulfide) groups is 1. The molecule has 1 fully saturated rings. The minimum absolute atomic E-state index is 0.0537. The average Bonchev–Trinajstić information content (AvgIpc) is 2.95. The number of carbonyl (C=O) groups is 1. The van der Waals surface area contributed by atoms with Crippen LogP contribution in [0.25, 0.3) is 11.0 Å². The van der Waals surface area contributed by atoms with Crippen LogP contribution in [0.3, 0.4) is 0 Å². The molecule has 0 aliphatic carbocycles. The van der Waals surface area contributed by atoms with Crippen LogP contribution >= 0.6 is 11.8 Å². The topological polar surface area (TPSA) is 75.1 Å². The van der Waals surface area contributed by atoms with E-state index in [1.165, 1.54) is 12.5 Å². The second-order valence-electron chi connectivity index (χ2n) is 5.46. The van der Waals surface area contributed by atoms with Crippen molar-refractivity contribution < 1.29 is 9.90 Å². The van der Waals surface area contributed by atoms with Gasteiger partial charge in [-0.05, 0) is 43.7 Å². The van der Waals surface area contributed by atoms with Crippen molar-refractivity contribution in [1.29, 1.82) is 0 Å². The lowest BCUT2D eigenvalue weighted by Gasteiger charge is -2.22. The fraction of sp³-hybridized carbons (Fsp3) is 0.429. The van der Waals surface area contributed by atoms with E-state index in [0.717, 1.165) is 12.2 Å². The van der Waals surface area contributed by atoms with E-state index in [9.17, 15) is 9.59 Å². The zero-order chi connectivity index (χ0) is 14.3. The highest BCUT2D eigenvalue weighted by Gasteiger charge is 2.31. The van der Waals surface area contributed by atoms with Crippen molar-refractivity contribution in [3.63, 3.8) is 0 Å². The number of nitrogens with zero attached hydrogens (tertiary/aromatic N) is 1. The number of H-pyrrole nitrogens is 1. The van der Waals surface area contributed by atoms with Gasteiger partial charge in [0, 0.05) is 11.3 Å². The van der Waals surface area contributed by atoms with E-state index in [0.29, 0.717) is 17.6 Å². The third kappa shape index (κ3) is 2.24. The summed E-state index contributed by atoms with van der Waals surface area (Å²) in [6.07, 6.45) is 2.24. The van der Waals surface area contributed by atoms with Crippen LogP contribution in [0, 0.1) is 0 Å². The van der Waals surface area contributed by atoms with Gasteiger partial charge in [0.2, 0.25) is 0 Å². The molecule has 1 saturated heterocycles. The van der Waals surface area contributed by atoms with Gasteiger partial charge in [0.05, 0.1) is 16.6 Å². The third-order valence-corrected chi connectivity index (χ3v) is 5.34. The highest BCUT2D eigenvalue weighted by Crippen LogP contribution is 2.39. The molecule has 0 spiro atoms. The maximum atomic E-state index is 12.1. The number of imidazole rings is 1. The molecular formula is C14H16N2O3S. The van der Waals surface area contributed by atoms with Crippen LogP contribution in [-0.2, 0) is 6.54 Å². The van der Waals surface area contributed by atoms with Gasteiger partial charge < -0.3 is 10.1 Å². The molecule has 1 aromatic carbocycles. The van der Waals surface area contributed by atoms with Crippen molar-refractivity contribution in [2.75, 3.05) is 5.75 Å². The fourth-order valence-corrected chi connectivity index (χ4v) is 4.03. The molecule has 6 heteroatoms. The van der Waals surface area contributed by atoms with E-state index in [-0.39, 0.29) is 16.0 Å². The molecule has 0 amide bonds. The molecule has 2 heterocycles. The van der Waals surface area contributed by atoms with E-state index >= 15 is 0 Å². The van der Waals surface area contributed by atoms with Crippen LogP contribution in [0.15, 0.2) is 23.0 Å². The average molecular weight is 292 g/mol. The van der Waals surface area contributed by atoms with Gasteiger partial charge in [-0.25, -0.2) is 9.59 Å². The Morgan fingerprint density at radius 3 is 3.00 bits per heavy atom. The largest absolute Gasteiger partial charge is 0.478 e. The van der Waals surface area contributed by atoms with E-state index in [1.807, 2.05) is 11.8 Å². The first-order valence-corrected chi connectivity index (χ1v) is 7.57. The number of aromatic nitrogens is 2. The number of hydrogen-bond acceptors (Lipinski definition) is 3. The summed E-state index contributed by atoms with van der Waals surface area (Å²) in [5.74, 6) is 0.141. The summed E-state index contributed by atoms with van der Waals surface area (Å²) in [5.41, 5.74) is 1.39. The molecule has 2 aromatic rings. The van der Waals surface area contributed by atoms with Crippen LogP contribution in [-0.4, -0.2) is 31.1 Å². The zero-order valence-electron chi connectivity index (χ0n) is 11.2. The molecule has 1 aliphatic heterocycles. The van der Waals surface area contributed by atoms with Gasteiger partial charge in [-0.2, -0.15) is 11.8 Å². The Morgan fingerprint density at radius 1 is 1.55 bits per heavy atom. The van der Waals surface area contributed by atoms with Gasteiger partial charge in [0.1, 0.15) is 0 Å². The summed E-state index contributed by atoms with van der Waals surface area (Å²) < 4.78 is 1.72. The standard InChI is InChI=1S/C14H16N2O3S/c1-14(5-2-6-20-14)8-16-11-7-9(12(17)18)3-4-10(11)15-13(16)19/h3-4,7H,2,5-6,8H2,1H3,(H,15,19)(H,17,18). The number of carboxylic acid groups (broad SMARTS) is 1. The van der Waals surface area contributed by atoms with Crippen molar-refractivity contribution in [3.8, 4) is 0 Å². The summed E-state index contributed by atoms with van der Waals surface area (Å²) in [4.78, 5) is 26.0. The van der Waals surface area contributed by atoms with Gasteiger partial charge in [0.15, 0.2) is 0 Å². The minimum atomic E-state index is -0.978. The van der Waals surface area contributed by atoms with E-state index in [1.54, 1.807) is 16.7 Å². The summed E-state index contributed by atoms with van der Waals surface area (Å²) >= 11 is 1.88. The Morgan fingerprint density at radius 2 is 2.35 bits per heavy atom. The van der Waals surface area contributed by atoms with Crippen molar-refractivity contribution >= 4 is 28.8 Å². The van der Waals surface area contributed by atoms with E-state index in [2.05, 4.69) is 11.9 Å². The first-order chi connectivity index (χ1) is 9.48. The van der Waals surface area contributed by atoms with Crippen LogP contribution in [0.4, 0.5) is 0 Å². The number of fused-ring (bicyclic) bond motifs is 1. The molecule has 0 saturated carbocycles. The fourth-order valence-electron chi connectivity index (χ4n) is 2.74. The second-order valence-corrected chi connectivity index (χ2v) is 7.14. The van der Waals surface area contributed by atoms with Crippen molar-refractivity contribution in [2.24, 2.45) is 0 Å². The lowest BCUT2D eigenvalue weighted by atomic mass is 10.1. The Labute approximate surface area is 120 Å². The first kappa shape index (κ1) is 13.3. The van der Waals surface area contributed by atoms with Gasteiger partial charge in [-0.15, -0.1) is 0 Å². The van der Waals surface area contributed by atoms with Crippen molar-refractivity contribution in [1.82, 2.24) is 9.55 Å². The lowest BCUT2D eigenvalue weighted by Crippen LogP contribution is -2.29. The van der Waals surface area contributed by atoms with Gasteiger partial charge in [-0.1, -0.05) is 0 Å². The van der Waals surface area contributed by atoms with E-state index < -0.39 is 5.97 Å². The number of rotatable bonds is 3. The Balaban J connectivity index is 2.09. The normalized spacial score (nSPS) is 22.4. The highest BCUT2D eigenvalue weighted by molar-refractivity contribution is 8.00. The number of hydrogen-bond donors (Lipinski definition) is 2. The molecule has 20 heavy (non-hydrogen) atoms. The molecule has 1 aliphatic rings. The quantitative estimate of drug-likeness (QED) is 0.910. The monoisotopic (exact) mass is 292 g/mol. The molecular weight excluding hydrogens is 276 g/mol. The van der Waals surface area contributed by atoms with E-state index in [4.69, 9.17) is 5.11 Å². The van der Waals surface area contributed by atoms with Crippen LogP contribution in [0.2, 0.25) is 0 Å². The van der Waals surface area contributed by atoms with Gasteiger partial charge >= 0.3 is 11.7 Å². The maximum Gasteiger partial charge on any atom is 0.335 e. The molecule has 0 radical (unpaired) electrons. The molecule has 1 atom stereocenters. The molecule has 0 bridgehead atoms. The Hall–Kier alpha value is -1.69. The zero-order valence-corrected chi connectivity index (χ0v) is 12.0. The smallest absolute Gasteiger partial charge is 0.335 e. The number of aromatic amines is 1. The molecule has 2 N–H and O–H groups in total. The Kier molecular flexibility index (Phi) is 3.12. The van der Waals surface area contributed by atoms with Crippen LogP contribution in [0.5, 0.6) is 0 Å². The number of nitrogens with one attached hydrogen (secondary N) is 1. The SMILES string of the molecule is CC1(Cn2c(=O)[nH]c3ccc(C(=O)O)cc32)CCCS1. The van der Waals surface area contributed by atoms with Crippen molar-refractivity contribution in [2.45, 2.75) is 31.1 Å². The number of carboxylic acids is 1. The summed E-state index contributed by atoms with van der Waals surface area (Å²) in [6.45, 7) is 2.77. The van der Waals surface area contributed by atoms with Gasteiger partial charge in [-0.3, -0.25) is 4.57 Å². The molecule has 5 nitrogen and oxygen atoms in total.